The molecule has 2 rings (SSSR count). The average Bonchev–Trinajstić information content (AvgIpc) is 2.40. The van der Waals surface area contributed by atoms with Gasteiger partial charge in [0, 0.05) is 6.42 Å². The molecule has 0 aromatic heterocycles. The number of Topliss-reactive ketones (excluding diaryl/α,β-unsaturated/α-hetero) is 1. The fourth-order valence-corrected chi connectivity index (χ4v) is 1.91. The molecule has 2 aromatic rings. The normalized spacial score (nSPS) is 10.3. The molecular weight excluding hydrogens is 224 g/mol. The van der Waals surface area contributed by atoms with Crippen molar-refractivity contribution < 1.29 is 9.90 Å². The molecular formula is C16H16O2. The van der Waals surface area contributed by atoms with E-state index >= 15 is 0 Å². The summed E-state index contributed by atoms with van der Waals surface area (Å²) >= 11 is 0. The fourth-order valence-electron chi connectivity index (χ4n) is 1.91. The van der Waals surface area contributed by atoms with E-state index in [1.807, 2.05) is 37.3 Å². The molecule has 2 aromatic carbocycles. The Morgan fingerprint density at radius 2 is 1.83 bits per heavy atom. The van der Waals surface area contributed by atoms with Gasteiger partial charge in [-0.1, -0.05) is 42.0 Å². The first-order valence-corrected chi connectivity index (χ1v) is 6.03. The van der Waals surface area contributed by atoms with Crippen LogP contribution in [0.4, 0.5) is 0 Å². The smallest absolute Gasteiger partial charge is 0.166 e. The number of phenolic OH excluding ortho intramolecular Hbond substituents is 1. The molecule has 2 heteroatoms. The van der Waals surface area contributed by atoms with Gasteiger partial charge in [-0.15, -0.1) is 0 Å². The van der Waals surface area contributed by atoms with Gasteiger partial charge in [-0.3, -0.25) is 4.79 Å². The Hall–Kier alpha value is -2.09. The van der Waals surface area contributed by atoms with Gasteiger partial charge >= 0.3 is 0 Å². The summed E-state index contributed by atoms with van der Waals surface area (Å²) in [5, 5.41) is 9.68. The largest absolute Gasteiger partial charge is 0.507 e. The summed E-state index contributed by atoms with van der Waals surface area (Å²) in [5.41, 5.74) is 2.54. The highest BCUT2D eigenvalue weighted by molar-refractivity contribution is 5.98. The number of aryl methyl sites for hydroxylation is 2. The van der Waals surface area contributed by atoms with E-state index in [2.05, 4.69) is 0 Å². The van der Waals surface area contributed by atoms with E-state index in [9.17, 15) is 9.90 Å². The minimum absolute atomic E-state index is 0.0138. The van der Waals surface area contributed by atoms with E-state index in [0.29, 0.717) is 18.4 Å². The molecule has 0 aliphatic rings. The van der Waals surface area contributed by atoms with Gasteiger partial charge in [-0.05, 0) is 31.0 Å². The van der Waals surface area contributed by atoms with Crippen LogP contribution in [0.5, 0.6) is 5.75 Å². The molecule has 0 saturated carbocycles. The molecule has 18 heavy (non-hydrogen) atoms. The number of carbonyl (C=O) groups excluding carboxylic acids is 1. The van der Waals surface area contributed by atoms with Crippen LogP contribution < -0.4 is 0 Å². The topological polar surface area (TPSA) is 37.3 Å². The summed E-state index contributed by atoms with van der Waals surface area (Å²) in [5.74, 6) is 0.0544. The minimum Gasteiger partial charge on any atom is -0.507 e. The van der Waals surface area contributed by atoms with Crippen LogP contribution in [0.25, 0.3) is 0 Å². The lowest BCUT2D eigenvalue weighted by atomic mass is 10.0. The van der Waals surface area contributed by atoms with Crippen molar-refractivity contribution in [3.63, 3.8) is 0 Å². The number of rotatable bonds is 4. The van der Waals surface area contributed by atoms with Gasteiger partial charge in [-0.25, -0.2) is 0 Å². The molecule has 0 atom stereocenters. The Kier molecular flexibility index (Phi) is 3.78. The standard InChI is InChI=1S/C16H16O2/c1-12-7-9-15(17)14(11-12)16(18)10-8-13-5-3-2-4-6-13/h2-7,9,11,17H,8,10H2,1H3. The van der Waals surface area contributed by atoms with Crippen molar-refractivity contribution >= 4 is 5.78 Å². The van der Waals surface area contributed by atoms with Crippen LogP contribution in [0.2, 0.25) is 0 Å². The van der Waals surface area contributed by atoms with Crippen molar-refractivity contribution in [3.05, 3.63) is 65.2 Å². The van der Waals surface area contributed by atoms with Gasteiger partial charge in [0.1, 0.15) is 5.75 Å². The lowest BCUT2D eigenvalue weighted by molar-refractivity contribution is 0.0980. The van der Waals surface area contributed by atoms with Crippen molar-refractivity contribution in [2.24, 2.45) is 0 Å². The average molecular weight is 240 g/mol. The van der Waals surface area contributed by atoms with E-state index in [1.54, 1.807) is 18.2 Å². The summed E-state index contributed by atoms with van der Waals surface area (Å²) in [6.07, 6.45) is 1.12. The summed E-state index contributed by atoms with van der Waals surface area (Å²) < 4.78 is 0. The van der Waals surface area contributed by atoms with Crippen LogP contribution in [0.15, 0.2) is 48.5 Å². The first kappa shape index (κ1) is 12.4. The Balaban J connectivity index is 2.06. The van der Waals surface area contributed by atoms with E-state index < -0.39 is 0 Å². The van der Waals surface area contributed by atoms with Gasteiger partial charge in [0.2, 0.25) is 0 Å². The summed E-state index contributed by atoms with van der Waals surface area (Å²) in [4.78, 5) is 12.0. The highest BCUT2D eigenvalue weighted by atomic mass is 16.3. The van der Waals surface area contributed by atoms with Crippen LogP contribution in [0.3, 0.4) is 0 Å². The molecule has 0 spiro atoms. The lowest BCUT2D eigenvalue weighted by Gasteiger charge is -2.05. The molecule has 0 amide bonds. The highest BCUT2D eigenvalue weighted by Gasteiger charge is 2.11. The Labute approximate surface area is 107 Å². The van der Waals surface area contributed by atoms with Crippen molar-refractivity contribution in [1.82, 2.24) is 0 Å². The Morgan fingerprint density at radius 1 is 1.11 bits per heavy atom. The van der Waals surface area contributed by atoms with Gasteiger partial charge in [0.05, 0.1) is 5.56 Å². The van der Waals surface area contributed by atoms with Gasteiger partial charge in [-0.2, -0.15) is 0 Å². The SMILES string of the molecule is Cc1ccc(O)c(C(=O)CCc2ccccc2)c1. The third-order valence-electron chi connectivity index (χ3n) is 2.94. The molecule has 0 aliphatic heterocycles. The monoisotopic (exact) mass is 240 g/mol. The number of ketones is 1. The number of phenols is 1. The van der Waals surface area contributed by atoms with E-state index in [-0.39, 0.29) is 11.5 Å². The second-order valence-corrected chi connectivity index (χ2v) is 4.43. The third kappa shape index (κ3) is 2.98. The van der Waals surface area contributed by atoms with Crippen molar-refractivity contribution in [3.8, 4) is 5.75 Å². The lowest BCUT2D eigenvalue weighted by Crippen LogP contribution is -2.02. The number of hydrogen-bond acceptors (Lipinski definition) is 2. The quantitative estimate of drug-likeness (QED) is 0.830. The van der Waals surface area contributed by atoms with Crippen molar-refractivity contribution in [2.45, 2.75) is 19.8 Å². The van der Waals surface area contributed by atoms with Crippen LogP contribution in [0, 0.1) is 6.92 Å². The molecule has 92 valence electrons. The number of aromatic hydroxyl groups is 1. The number of hydrogen-bond donors (Lipinski definition) is 1. The number of benzene rings is 2. The molecule has 2 nitrogen and oxygen atoms in total. The predicted molar refractivity (Wildman–Crippen MR) is 71.9 cm³/mol. The van der Waals surface area contributed by atoms with Gasteiger partial charge in [0.25, 0.3) is 0 Å². The molecule has 0 fully saturated rings. The summed E-state index contributed by atoms with van der Waals surface area (Å²) in [6, 6.07) is 15.0. The van der Waals surface area contributed by atoms with Crippen LogP contribution in [-0.2, 0) is 6.42 Å². The Bertz CT molecular complexity index is 544. The first-order chi connectivity index (χ1) is 8.66. The van der Waals surface area contributed by atoms with Crippen molar-refractivity contribution in [1.29, 1.82) is 0 Å². The predicted octanol–water partition coefficient (Wildman–Crippen LogP) is 3.52. The zero-order valence-electron chi connectivity index (χ0n) is 10.4. The molecule has 0 unspecified atom stereocenters. The molecule has 0 bridgehead atoms. The van der Waals surface area contributed by atoms with Gasteiger partial charge < -0.3 is 5.11 Å². The zero-order chi connectivity index (χ0) is 13.0. The maximum Gasteiger partial charge on any atom is 0.166 e. The van der Waals surface area contributed by atoms with Crippen molar-refractivity contribution in [2.75, 3.05) is 0 Å². The molecule has 1 N–H and O–H groups in total. The minimum atomic E-state index is -0.0138. The summed E-state index contributed by atoms with van der Waals surface area (Å²) in [7, 11) is 0. The second kappa shape index (κ2) is 5.50. The summed E-state index contributed by atoms with van der Waals surface area (Å²) in [6.45, 7) is 1.91. The molecule has 0 saturated heterocycles. The van der Waals surface area contributed by atoms with Crippen LogP contribution >= 0.6 is 0 Å². The van der Waals surface area contributed by atoms with E-state index in [0.717, 1.165) is 11.1 Å². The number of carbonyl (C=O) groups is 1. The fraction of sp³-hybridized carbons (Fsp3) is 0.188. The molecule has 0 aliphatic carbocycles. The second-order valence-electron chi connectivity index (χ2n) is 4.43. The van der Waals surface area contributed by atoms with Gasteiger partial charge in [0.15, 0.2) is 5.78 Å². The highest BCUT2D eigenvalue weighted by Crippen LogP contribution is 2.20. The molecule has 0 radical (unpaired) electrons. The first-order valence-electron chi connectivity index (χ1n) is 6.03. The van der Waals surface area contributed by atoms with Crippen LogP contribution in [-0.4, -0.2) is 10.9 Å². The third-order valence-corrected chi connectivity index (χ3v) is 2.94. The molecule has 0 heterocycles. The zero-order valence-corrected chi connectivity index (χ0v) is 10.4. The maximum atomic E-state index is 12.0. The Morgan fingerprint density at radius 3 is 2.56 bits per heavy atom. The maximum absolute atomic E-state index is 12.0. The van der Waals surface area contributed by atoms with E-state index in [4.69, 9.17) is 0 Å². The van der Waals surface area contributed by atoms with E-state index in [1.165, 1.54) is 0 Å². The van der Waals surface area contributed by atoms with Crippen LogP contribution in [0.1, 0.15) is 27.9 Å².